The highest BCUT2D eigenvalue weighted by molar-refractivity contribution is 6.30. The van der Waals surface area contributed by atoms with Crippen LogP contribution in [0.4, 0.5) is 0 Å². The zero-order valence-electron chi connectivity index (χ0n) is 10.6. The van der Waals surface area contributed by atoms with Crippen molar-refractivity contribution in [3.05, 3.63) is 34.9 Å². The van der Waals surface area contributed by atoms with Crippen LogP contribution in [-0.2, 0) is 16.0 Å². The van der Waals surface area contributed by atoms with Gasteiger partial charge in [-0.3, -0.25) is 4.79 Å². The zero-order valence-corrected chi connectivity index (χ0v) is 11.4. The van der Waals surface area contributed by atoms with E-state index in [1.165, 1.54) is 0 Å². The van der Waals surface area contributed by atoms with Crippen LogP contribution in [0.25, 0.3) is 0 Å². The molecule has 0 heterocycles. The van der Waals surface area contributed by atoms with Gasteiger partial charge in [0, 0.05) is 25.0 Å². The third-order valence-corrected chi connectivity index (χ3v) is 3.13. The Hall–Kier alpha value is -0.860. The van der Waals surface area contributed by atoms with E-state index in [1.54, 1.807) is 7.11 Å². The SMILES string of the molecule is COC(C)(C)CCC(=O)Cc1ccc(Cl)cc1. The fourth-order valence-electron chi connectivity index (χ4n) is 1.46. The summed E-state index contributed by atoms with van der Waals surface area (Å²) in [6.07, 6.45) is 1.76. The van der Waals surface area contributed by atoms with Gasteiger partial charge in [0.25, 0.3) is 0 Å². The number of methoxy groups -OCH3 is 1. The largest absolute Gasteiger partial charge is 0.379 e. The van der Waals surface area contributed by atoms with E-state index < -0.39 is 0 Å². The lowest BCUT2D eigenvalue weighted by Gasteiger charge is -2.22. The number of hydrogen-bond donors (Lipinski definition) is 0. The van der Waals surface area contributed by atoms with Gasteiger partial charge in [-0.2, -0.15) is 0 Å². The number of benzene rings is 1. The van der Waals surface area contributed by atoms with E-state index in [1.807, 2.05) is 38.1 Å². The third-order valence-electron chi connectivity index (χ3n) is 2.87. The van der Waals surface area contributed by atoms with Gasteiger partial charge in [-0.05, 0) is 38.0 Å². The van der Waals surface area contributed by atoms with E-state index in [0.29, 0.717) is 17.9 Å². The highest BCUT2D eigenvalue weighted by Gasteiger charge is 2.17. The molecule has 0 amide bonds. The maximum Gasteiger partial charge on any atom is 0.137 e. The van der Waals surface area contributed by atoms with Crippen molar-refractivity contribution in [2.24, 2.45) is 0 Å². The molecule has 0 bridgehead atoms. The Bertz CT molecular complexity index is 368. The van der Waals surface area contributed by atoms with E-state index in [4.69, 9.17) is 16.3 Å². The Morgan fingerprint density at radius 3 is 2.41 bits per heavy atom. The molecule has 1 aromatic carbocycles. The van der Waals surface area contributed by atoms with E-state index in [0.717, 1.165) is 12.0 Å². The van der Waals surface area contributed by atoms with Crippen LogP contribution in [0, 0.1) is 0 Å². The minimum Gasteiger partial charge on any atom is -0.379 e. The highest BCUT2D eigenvalue weighted by Crippen LogP contribution is 2.17. The molecule has 1 rings (SSSR count). The van der Waals surface area contributed by atoms with Crippen LogP contribution in [0.1, 0.15) is 32.3 Å². The topological polar surface area (TPSA) is 26.3 Å². The molecule has 17 heavy (non-hydrogen) atoms. The molecular weight excluding hydrogens is 236 g/mol. The molecule has 0 fully saturated rings. The van der Waals surface area contributed by atoms with Gasteiger partial charge in [-0.25, -0.2) is 0 Å². The summed E-state index contributed by atoms with van der Waals surface area (Å²) in [4.78, 5) is 11.8. The minimum absolute atomic E-state index is 0.227. The molecule has 0 unspecified atom stereocenters. The fourth-order valence-corrected chi connectivity index (χ4v) is 1.59. The summed E-state index contributed by atoms with van der Waals surface area (Å²) >= 11 is 5.79. The number of Topliss-reactive ketones (excluding diaryl/α,β-unsaturated/α-hetero) is 1. The van der Waals surface area contributed by atoms with Crippen molar-refractivity contribution in [1.82, 2.24) is 0 Å². The summed E-state index contributed by atoms with van der Waals surface area (Å²) in [6.45, 7) is 3.98. The minimum atomic E-state index is -0.227. The smallest absolute Gasteiger partial charge is 0.137 e. The Morgan fingerprint density at radius 2 is 1.88 bits per heavy atom. The fraction of sp³-hybridized carbons (Fsp3) is 0.500. The second-order valence-electron chi connectivity index (χ2n) is 4.81. The van der Waals surface area contributed by atoms with Crippen LogP contribution in [0.2, 0.25) is 5.02 Å². The van der Waals surface area contributed by atoms with E-state index in [9.17, 15) is 4.79 Å². The number of rotatable bonds is 6. The molecule has 2 nitrogen and oxygen atoms in total. The van der Waals surface area contributed by atoms with Crippen molar-refractivity contribution in [2.45, 2.75) is 38.7 Å². The van der Waals surface area contributed by atoms with Gasteiger partial charge in [-0.15, -0.1) is 0 Å². The lowest BCUT2D eigenvalue weighted by atomic mass is 9.98. The van der Waals surface area contributed by atoms with Crippen molar-refractivity contribution in [2.75, 3.05) is 7.11 Å². The second kappa shape index (κ2) is 6.18. The molecule has 3 heteroatoms. The van der Waals surface area contributed by atoms with Crippen LogP contribution in [-0.4, -0.2) is 18.5 Å². The first-order chi connectivity index (χ1) is 7.93. The third kappa shape index (κ3) is 5.33. The molecule has 0 N–H and O–H groups in total. The maximum atomic E-state index is 11.8. The standard InChI is InChI=1S/C14H19ClO2/c1-14(2,17-3)9-8-13(16)10-11-4-6-12(15)7-5-11/h4-7H,8-10H2,1-3H3. The normalized spacial score (nSPS) is 11.5. The molecule has 0 aromatic heterocycles. The van der Waals surface area contributed by atoms with Crippen molar-refractivity contribution in [3.63, 3.8) is 0 Å². The van der Waals surface area contributed by atoms with Crippen molar-refractivity contribution in [3.8, 4) is 0 Å². The summed E-state index contributed by atoms with van der Waals surface area (Å²) in [5.74, 6) is 0.234. The predicted molar refractivity (Wildman–Crippen MR) is 70.5 cm³/mol. The summed E-state index contributed by atoms with van der Waals surface area (Å²) in [7, 11) is 1.67. The first-order valence-electron chi connectivity index (χ1n) is 5.74. The Morgan fingerprint density at radius 1 is 1.29 bits per heavy atom. The van der Waals surface area contributed by atoms with Gasteiger partial charge in [0.05, 0.1) is 5.60 Å². The van der Waals surface area contributed by atoms with Crippen molar-refractivity contribution < 1.29 is 9.53 Å². The van der Waals surface area contributed by atoms with Crippen LogP contribution in [0.3, 0.4) is 0 Å². The molecule has 0 aliphatic carbocycles. The Balaban J connectivity index is 2.42. The Kier molecular flexibility index (Phi) is 5.16. The van der Waals surface area contributed by atoms with Crippen LogP contribution >= 0.6 is 11.6 Å². The highest BCUT2D eigenvalue weighted by atomic mass is 35.5. The number of hydrogen-bond acceptors (Lipinski definition) is 2. The van der Waals surface area contributed by atoms with E-state index in [-0.39, 0.29) is 11.4 Å². The average molecular weight is 255 g/mol. The molecular formula is C14H19ClO2. The van der Waals surface area contributed by atoms with Gasteiger partial charge in [0.1, 0.15) is 5.78 Å². The molecule has 94 valence electrons. The molecule has 0 aliphatic heterocycles. The zero-order chi connectivity index (χ0) is 12.9. The summed E-state index contributed by atoms with van der Waals surface area (Å²) in [5.41, 5.74) is 0.782. The van der Waals surface area contributed by atoms with Gasteiger partial charge in [0.2, 0.25) is 0 Å². The predicted octanol–water partition coefficient (Wildman–Crippen LogP) is 3.66. The molecule has 1 aromatic rings. The number of halogens is 1. The molecule has 0 spiro atoms. The molecule has 0 atom stereocenters. The first kappa shape index (κ1) is 14.2. The van der Waals surface area contributed by atoms with Crippen molar-refractivity contribution in [1.29, 1.82) is 0 Å². The number of carbonyl (C=O) groups is 1. The average Bonchev–Trinajstić information content (AvgIpc) is 2.30. The monoisotopic (exact) mass is 254 g/mol. The molecule has 0 saturated carbocycles. The van der Waals surface area contributed by atoms with Crippen LogP contribution in [0.15, 0.2) is 24.3 Å². The summed E-state index contributed by atoms with van der Waals surface area (Å²) < 4.78 is 5.28. The van der Waals surface area contributed by atoms with Gasteiger partial charge in [-0.1, -0.05) is 23.7 Å². The maximum absolute atomic E-state index is 11.8. The summed E-state index contributed by atoms with van der Waals surface area (Å²) in [5, 5.41) is 0.696. The number of ketones is 1. The number of carbonyl (C=O) groups excluding carboxylic acids is 1. The quantitative estimate of drug-likeness (QED) is 0.775. The lowest BCUT2D eigenvalue weighted by molar-refractivity contribution is -0.119. The van der Waals surface area contributed by atoms with Gasteiger partial charge < -0.3 is 4.74 Å². The molecule has 0 radical (unpaired) electrons. The first-order valence-corrected chi connectivity index (χ1v) is 6.12. The van der Waals surface area contributed by atoms with Crippen LogP contribution < -0.4 is 0 Å². The van der Waals surface area contributed by atoms with Gasteiger partial charge >= 0.3 is 0 Å². The lowest BCUT2D eigenvalue weighted by Crippen LogP contribution is -2.23. The Labute approximate surface area is 108 Å². The van der Waals surface area contributed by atoms with Crippen LogP contribution in [0.5, 0.6) is 0 Å². The summed E-state index contributed by atoms with van der Waals surface area (Å²) in [6, 6.07) is 7.40. The van der Waals surface area contributed by atoms with Crippen molar-refractivity contribution >= 4 is 17.4 Å². The van der Waals surface area contributed by atoms with E-state index >= 15 is 0 Å². The molecule has 0 aliphatic rings. The van der Waals surface area contributed by atoms with E-state index in [2.05, 4.69) is 0 Å². The molecule has 0 saturated heterocycles. The number of ether oxygens (including phenoxy) is 1. The van der Waals surface area contributed by atoms with Gasteiger partial charge in [0.15, 0.2) is 0 Å². The second-order valence-corrected chi connectivity index (χ2v) is 5.24.